The second-order valence-electron chi connectivity index (χ2n) is 4.17. The van der Waals surface area contributed by atoms with Crippen molar-refractivity contribution in [1.29, 1.82) is 0 Å². The average molecular weight is 337 g/mol. The van der Waals surface area contributed by atoms with Crippen LogP contribution in [0.4, 0.5) is 0 Å². The summed E-state index contributed by atoms with van der Waals surface area (Å²) < 4.78 is 6.55. The van der Waals surface area contributed by atoms with Crippen LogP contribution in [0.1, 0.15) is 17.0 Å². The maximum atomic E-state index is 8.70. The summed E-state index contributed by atoms with van der Waals surface area (Å²) in [6.45, 7) is 3.69. The minimum Gasteiger partial charge on any atom is -0.424 e. The summed E-state index contributed by atoms with van der Waals surface area (Å²) in [4.78, 5) is 8.28. The second-order valence-corrected chi connectivity index (χ2v) is 5.09. The zero-order valence-corrected chi connectivity index (χ0v) is 12.5. The number of rotatable bonds is 3. The van der Waals surface area contributed by atoms with E-state index in [0.29, 0.717) is 17.1 Å². The average Bonchev–Trinajstić information content (AvgIpc) is 2.41. The molecule has 0 atom stereocenters. The monoisotopic (exact) mass is 336 g/mol. The van der Waals surface area contributed by atoms with Crippen molar-refractivity contribution in [2.24, 2.45) is 10.9 Å². The fraction of sp³-hybridized carbons (Fsp3) is 0.154. The Morgan fingerprint density at radius 2 is 2.05 bits per heavy atom. The number of halogens is 1. The van der Waals surface area contributed by atoms with Crippen LogP contribution in [0.3, 0.4) is 0 Å². The van der Waals surface area contributed by atoms with Gasteiger partial charge >= 0.3 is 6.01 Å². The minimum absolute atomic E-state index is 0.0914. The quantitative estimate of drug-likeness (QED) is 0.389. The molecule has 104 valence electrons. The van der Waals surface area contributed by atoms with Gasteiger partial charge in [-0.05, 0) is 37.6 Å². The molecule has 0 spiro atoms. The number of nitrogens with zero attached hydrogens (tertiary/aromatic N) is 3. The molecule has 0 aliphatic heterocycles. The number of nitrogens with two attached hydrogens (primary N) is 1. The van der Waals surface area contributed by atoms with Gasteiger partial charge in [-0.25, -0.2) is 4.98 Å². The van der Waals surface area contributed by atoms with Gasteiger partial charge in [-0.2, -0.15) is 4.98 Å². The van der Waals surface area contributed by atoms with Gasteiger partial charge in [0.15, 0.2) is 5.84 Å². The van der Waals surface area contributed by atoms with E-state index in [2.05, 4.69) is 31.1 Å². The van der Waals surface area contributed by atoms with E-state index >= 15 is 0 Å². The maximum absolute atomic E-state index is 8.70. The summed E-state index contributed by atoms with van der Waals surface area (Å²) >= 11 is 3.38. The SMILES string of the molecule is Cc1cc(/C(N)=N/O)nc(Oc2cc(Br)ccc2C)n1. The van der Waals surface area contributed by atoms with E-state index in [1.54, 1.807) is 13.0 Å². The molecular weight excluding hydrogens is 324 g/mol. The highest BCUT2D eigenvalue weighted by Crippen LogP contribution is 2.26. The van der Waals surface area contributed by atoms with E-state index in [9.17, 15) is 0 Å². The van der Waals surface area contributed by atoms with Crippen molar-refractivity contribution in [2.45, 2.75) is 13.8 Å². The highest BCUT2D eigenvalue weighted by atomic mass is 79.9. The van der Waals surface area contributed by atoms with Crippen LogP contribution in [-0.2, 0) is 0 Å². The molecule has 2 rings (SSSR count). The van der Waals surface area contributed by atoms with Gasteiger partial charge in [-0.3, -0.25) is 0 Å². The molecule has 0 saturated carbocycles. The maximum Gasteiger partial charge on any atom is 0.322 e. The minimum atomic E-state index is -0.0914. The largest absolute Gasteiger partial charge is 0.424 e. The molecule has 0 bridgehead atoms. The van der Waals surface area contributed by atoms with Crippen molar-refractivity contribution in [3.05, 3.63) is 45.7 Å². The molecule has 0 fully saturated rings. The molecule has 0 amide bonds. The van der Waals surface area contributed by atoms with E-state index in [1.165, 1.54) is 0 Å². The van der Waals surface area contributed by atoms with Crippen LogP contribution < -0.4 is 10.5 Å². The first kappa shape index (κ1) is 14.3. The summed E-state index contributed by atoms with van der Waals surface area (Å²) in [5.41, 5.74) is 7.44. The Bertz CT molecular complexity index is 673. The number of ether oxygens (including phenoxy) is 1. The third-order valence-corrected chi connectivity index (χ3v) is 3.05. The summed E-state index contributed by atoms with van der Waals surface area (Å²) in [5.74, 6) is 0.543. The van der Waals surface area contributed by atoms with Gasteiger partial charge in [0.05, 0.1) is 0 Å². The molecule has 3 N–H and O–H groups in total. The van der Waals surface area contributed by atoms with Gasteiger partial charge in [0.1, 0.15) is 11.4 Å². The van der Waals surface area contributed by atoms with E-state index in [-0.39, 0.29) is 11.8 Å². The molecule has 7 heteroatoms. The Morgan fingerprint density at radius 1 is 1.30 bits per heavy atom. The van der Waals surface area contributed by atoms with E-state index in [4.69, 9.17) is 15.7 Å². The van der Waals surface area contributed by atoms with E-state index in [0.717, 1.165) is 10.0 Å². The molecule has 0 radical (unpaired) electrons. The van der Waals surface area contributed by atoms with Crippen LogP contribution >= 0.6 is 15.9 Å². The predicted molar refractivity (Wildman–Crippen MR) is 78.2 cm³/mol. The standard InChI is InChI=1S/C13H13BrN4O2/c1-7-3-4-9(14)6-11(7)20-13-16-8(2)5-10(17-13)12(15)18-19/h3-6,19H,1-2H3,(H2,15,18). The zero-order chi connectivity index (χ0) is 14.7. The topological polar surface area (TPSA) is 93.6 Å². The zero-order valence-electron chi connectivity index (χ0n) is 11.0. The Balaban J connectivity index is 2.38. The Kier molecular flexibility index (Phi) is 4.19. The smallest absolute Gasteiger partial charge is 0.322 e. The number of amidine groups is 1. The van der Waals surface area contributed by atoms with E-state index in [1.807, 2.05) is 25.1 Å². The van der Waals surface area contributed by atoms with Crippen LogP contribution in [0.15, 0.2) is 33.9 Å². The highest BCUT2D eigenvalue weighted by Gasteiger charge is 2.09. The first-order valence-corrected chi connectivity index (χ1v) is 6.56. The number of oxime groups is 1. The first-order chi connectivity index (χ1) is 9.49. The summed E-state index contributed by atoms with van der Waals surface area (Å²) in [7, 11) is 0. The lowest BCUT2D eigenvalue weighted by Gasteiger charge is -2.09. The normalized spacial score (nSPS) is 11.4. The summed E-state index contributed by atoms with van der Waals surface area (Å²) in [6, 6.07) is 7.41. The van der Waals surface area contributed by atoms with E-state index < -0.39 is 0 Å². The lowest BCUT2D eigenvalue weighted by molar-refractivity contribution is 0.318. The van der Waals surface area contributed by atoms with Gasteiger partial charge in [0.2, 0.25) is 0 Å². The number of hydrogen-bond acceptors (Lipinski definition) is 5. The van der Waals surface area contributed by atoms with Gasteiger partial charge in [-0.1, -0.05) is 27.2 Å². The van der Waals surface area contributed by atoms with Gasteiger partial charge in [0, 0.05) is 10.2 Å². The summed E-state index contributed by atoms with van der Waals surface area (Å²) in [5, 5.41) is 11.6. The molecule has 20 heavy (non-hydrogen) atoms. The molecule has 6 nitrogen and oxygen atoms in total. The molecule has 0 saturated heterocycles. The molecule has 0 aliphatic carbocycles. The Morgan fingerprint density at radius 3 is 2.75 bits per heavy atom. The Hall–Kier alpha value is -2.15. The molecule has 2 aromatic rings. The molecular formula is C13H13BrN4O2. The van der Waals surface area contributed by atoms with Crippen molar-refractivity contribution in [1.82, 2.24) is 9.97 Å². The molecule has 0 aliphatic rings. The van der Waals surface area contributed by atoms with Gasteiger partial charge in [0.25, 0.3) is 0 Å². The Labute approximate surface area is 124 Å². The molecule has 1 aromatic heterocycles. The number of aromatic nitrogens is 2. The first-order valence-electron chi connectivity index (χ1n) is 5.77. The highest BCUT2D eigenvalue weighted by molar-refractivity contribution is 9.10. The van der Waals surface area contributed by atoms with Crippen LogP contribution in [0.25, 0.3) is 0 Å². The molecule has 1 heterocycles. The summed E-state index contributed by atoms with van der Waals surface area (Å²) in [6.07, 6.45) is 0. The van der Waals surface area contributed by atoms with Crippen molar-refractivity contribution in [2.75, 3.05) is 0 Å². The van der Waals surface area contributed by atoms with Crippen molar-refractivity contribution >= 4 is 21.8 Å². The fourth-order valence-electron chi connectivity index (χ4n) is 1.55. The number of hydrogen-bond donors (Lipinski definition) is 2. The molecule has 1 aromatic carbocycles. The predicted octanol–water partition coefficient (Wildman–Crippen LogP) is 2.74. The van der Waals surface area contributed by atoms with Crippen LogP contribution in [0.5, 0.6) is 11.8 Å². The lowest BCUT2D eigenvalue weighted by Crippen LogP contribution is -2.16. The van der Waals surface area contributed by atoms with Crippen molar-refractivity contribution in [3.63, 3.8) is 0 Å². The fourth-order valence-corrected chi connectivity index (χ4v) is 1.89. The number of benzene rings is 1. The van der Waals surface area contributed by atoms with Gasteiger partial charge in [-0.15, -0.1) is 0 Å². The van der Waals surface area contributed by atoms with Crippen LogP contribution in [0, 0.1) is 13.8 Å². The van der Waals surface area contributed by atoms with Crippen LogP contribution in [-0.4, -0.2) is 21.0 Å². The lowest BCUT2D eigenvalue weighted by atomic mass is 10.2. The second kappa shape index (κ2) is 5.87. The van der Waals surface area contributed by atoms with Crippen molar-refractivity contribution < 1.29 is 9.94 Å². The van der Waals surface area contributed by atoms with Gasteiger partial charge < -0.3 is 15.7 Å². The van der Waals surface area contributed by atoms with Crippen LogP contribution in [0.2, 0.25) is 0 Å². The third kappa shape index (κ3) is 3.24. The number of aryl methyl sites for hydroxylation is 2. The van der Waals surface area contributed by atoms with Crippen molar-refractivity contribution in [3.8, 4) is 11.8 Å². The molecule has 0 unspecified atom stereocenters. The third-order valence-electron chi connectivity index (χ3n) is 2.56.